The smallest absolute Gasteiger partial charge is 0.341 e. The van der Waals surface area contributed by atoms with Gasteiger partial charge >= 0.3 is 5.97 Å². The Morgan fingerprint density at radius 1 is 1.26 bits per heavy atom. The summed E-state index contributed by atoms with van der Waals surface area (Å²) in [4.78, 5) is 26.6. The third-order valence-electron chi connectivity index (χ3n) is 5.32. The van der Waals surface area contributed by atoms with Crippen LogP contribution in [0.2, 0.25) is 0 Å². The average Bonchev–Trinajstić information content (AvgIpc) is 3.42. The number of esters is 1. The fourth-order valence-electron chi connectivity index (χ4n) is 3.75. The number of halogens is 1. The summed E-state index contributed by atoms with van der Waals surface area (Å²) in [5.74, 6) is -0.727. The molecule has 31 heavy (non-hydrogen) atoms. The number of ether oxygens (including phenoxy) is 1. The largest absolute Gasteiger partial charge is 0.462 e. The van der Waals surface area contributed by atoms with Crippen LogP contribution >= 0.6 is 27.3 Å². The monoisotopic (exact) mass is 505 g/mol. The molecule has 4 rings (SSSR count). The molecule has 1 amide bonds. The molecular formula is C21H24BrN5O3S. The Hall–Kier alpha value is -2.46. The highest BCUT2D eigenvalue weighted by Gasteiger charge is 2.27. The third-order valence-corrected chi connectivity index (χ3v) is 7.68. The van der Waals surface area contributed by atoms with Crippen LogP contribution in [-0.4, -0.2) is 38.0 Å². The lowest BCUT2D eigenvalue weighted by Gasteiger charge is -2.12. The molecule has 0 bridgehead atoms. The van der Waals surface area contributed by atoms with Gasteiger partial charge in [0.1, 0.15) is 11.7 Å². The first-order chi connectivity index (χ1) is 14.9. The highest BCUT2D eigenvalue weighted by molar-refractivity contribution is 9.10. The molecule has 0 atom stereocenters. The Labute approximate surface area is 192 Å². The predicted molar refractivity (Wildman–Crippen MR) is 122 cm³/mol. The van der Waals surface area contributed by atoms with Crippen LogP contribution in [0.25, 0.3) is 0 Å². The Kier molecular flexibility index (Phi) is 6.29. The summed E-state index contributed by atoms with van der Waals surface area (Å²) in [7, 11) is 0. The van der Waals surface area contributed by atoms with E-state index in [0.29, 0.717) is 23.8 Å². The summed E-state index contributed by atoms with van der Waals surface area (Å²) in [5, 5.41) is 12.3. The molecule has 1 N–H and O–H groups in total. The molecule has 1 aliphatic rings. The molecule has 10 heteroatoms. The van der Waals surface area contributed by atoms with Gasteiger partial charge in [-0.2, -0.15) is 10.2 Å². The van der Waals surface area contributed by atoms with Crippen molar-refractivity contribution in [2.45, 2.75) is 53.1 Å². The standard InChI is InChI=1S/C21H24BrN5O3S/c1-4-30-21(29)17-14-7-5-6-8-16(14)31-20(17)23-19(28)15-9-10-26(25-15)11-27-13(3)18(22)12(2)24-27/h9-10H,4-8,11H2,1-3H3,(H,23,28). The van der Waals surface area contributed by atoms with Crippen molar-refractivity contribution in [3.8, 4) is 0 Å². The number of fused-ring (bicyclic) bond motifs is 1. The van der Waals surface area contributed by atoms with E-state index in [1.807, 2.05) is 18.5 Å². The van der Waals surface area contributed by atoms with E-state index < -0.39 is 0 Å². The molecule has 0 saturated carbocycles. The number of aromatic nitrogens is 4. The number of carbonyl (C=O) groups is 2. The zero-order chi connectivity index (χ0) is 22.1. The molecule has 1 aliphatic carbocycles. The van der Waals surface area contributed by atoms with E-state index in [0.717, 1.165) is 52.0 Å². The van der Waals surface area contributed by atoms with Crippen molar-refractivity contribution in [1.82, 2.24) is 19.6 Å². The van der Waals surface area contributed by atoms with Crippen LogP contribution in [0.4, 0.5) is 5.00 Å². The molecule has 3 aromatic rings. The van der Waals surface area contributed by atoms with Crippen molar-refractivity contribution in [1.29, 1.82) is 0 Å². The summed E-state index contributed by atoms with van der Waals surface area (Å²) < 4.78 is 9.70. The second-order valence-corrected chi connectivity index (χ2v) is 9.35. The van der Waals surface area contributed by atoms with Gasteiger partial charge in [0.05, 0.1) is 28.0 Å². The number of nitrogens with zero attached hydrogens (tertiary/aromatic N) is 4. The van der Waals surface area contributed by atoms with Crippen LogP contribution in [0.3, 0.4) is 0 Å². The number of rotatable bonds is 6. The first kappa shape index (κ1) is 21.8. The molecule has 3 heterocycles. The van der Waals surface area contributed by atoms with Crippen LogP contribution in [0, 0.1) is 13.8 Å². The molecule has 0 unspecified atom stereocenters. The van der Waals surface area contributed by atoms with Crippen LogP contribution in [-0.2, 0) is 24.2 Å². The van der Waals surface area contributed by atoms with E-state index in [1.165, 1.54) is 11.3 Å². The predicted octanol–water partition coefficient (Wildman–Crippen LogP) is 4.33. The van der Waals surface area contributed by atoms with Crippen molar-refractivity contribution in [2.24, 2.45) is 0 Å². The molecule has 8 nitrogen and oxygen atoms in total. The van der Waals surface area contributed by atoms with Crippen molar-refractivity contribution < 1.29 is 14.3 Å². The number of anilines is 1. The number of hydrogen-bond donors (Lipinski definition) is 1. The summed E-state index contributed by atoms with van der Waals surface area (Å²) >= 11 is 4.99. The van der Waals surface area contributed by atoms with Crippen LogP contribution in [0.1, 0.15) is 62.4 Å². The Morgan fingerprint density at radius 3 is 2.74 bits per heavy atom. The van der Waals surface area contributed by atoms with E-state index in [-0.39, 0.29) is 17.6 Å². The molecule has 0 aromatic carbocycles. The Bertz CT molecular complexity index is 1150. The third kappa shape index (κ3) is 4.31. The maximum absolute atomic E-state index is 12.9. The minimum absolute atomic E-state index is 0.279. The minimum atomic E-state index is -0.377. The van der Waals surface area contributed by atoms with Crippen molar-refractivity contribution in [3.63, 3.8) is 0 Å². The summed E-state index contributed by atoms with van der Waals surface area (Å²) in [6.45, 7) is 6.37. The van der Waals surface area contributed by atoms with Gasteiger partial charge < -0.3 is 10.1 Å². The van der Waals surface area contributed by atoms with Crippen molar-refractivity contribution in [2.75, 3.05) is 11.9 Å². The quantitative estimate of drug-likeness (QED) is 0.503. The van der Waals surface area contributed by atoms with Gasteiger partial charge in [-0.1, -0.05) is 0 Å². The molecule has 0 fully saturated rings. The molecule has 164 valence electrons. The maximum atomic E-state index is 12.9. The highest BCUT2D eigenvalue weighted by Crippen LogP contribution is 2.38. The lowest BCUT2D eigenvalue weighted by Crippen LogP contribution is -2.17. The van der Waals surface area contributed by atoms with Gasteiger partial charge in [-0.05, 0) is 74.0 Å². The van der Waals surface area contributed by atoms with Gasteiger partial charge in [-0.15, -0.1) is 11.3 Å². The minimum Gasteiger partial charge on any atom is -0.462 e. The van der Waals surface area contributed by atoms with Crippen LogP contribution in [0.15, 0.2) is 16.7 Å². The van der Waals surface area contributed by atoms with E-state index in [1.54, 1.807) is 23.9 Å². The lowest BCUT2D eigenvalue weighted by atomic mass is 9.95. The fraction of sp³-hybridized carbons (Fsp3) is 0.429. The van der Waals surface area contributed by atoms with Gasteiger partial charge in [0.15, 0.2) is 5.69 Å². The van der Waals surface area contributed by atoms with E-state index in [2.05, 4.69) is 31.4 Å². The fourth-order valence-corrected chi connectivity index (χ4v) is 5.31. The molecule has 3 aromatic heterocycles. The van der Waals surface area contributed by atoms with Crippen LogP contribution in [0.5, 0.6) is 0 Å². The number of hydrogen-bond acceptors (Lipinski definition) is 6. The zero-order valence-electron chi connectivity index (χ0n) is 17.7. The zero-order valence-corrected chi connectivity index (χ0v) is 20.1. The number of carbonyl (C=O) groups excluding carboxylic acids is 2. The van der Waals surface area contributed by atoms with Gasteiger partial charge in [0.25, 0.3) is 5.91 Å². The topological polar surface area (TPSA) is 91.0 Å². The molecule has 0 saturated heterocycles. The van der Waals surface area contributed by atoms with E-state index >= 15 is 0 Å². The molecular weight excluding hydrogens is 482 g/mol. The highest BCUT2D eigenvalue weighted by atomic mass is 79.9. The first-order valence-corrected chi connectivity index (χ1v) is 11.9. The average molecular weight is 506 g/mol. The number of thiophene rings is 1. The van der Waals surface area contributed by atoms with Gasteiger partial charge in [-0.25, -0.2) is 9.48 Å². The summed E-state index contributed by atoms with van der Waals surface area (Å²) in [5.41, 5.74) is 3.69. The number of nitrogens with one attached hydrogen (secondary N) is 1. The van der Waals surface area contributed by atoms with Gasteiger partial charge in [0.2, 0.25) is 0 Å². The summed E-state index contributed by atoms with van der Waals surface area (Å²) in [6.07, 6.45) is 5.63. The van der Waals surface area contributed by atoms with Gasteiger partial charge in [-0.3, -0.25) is 9.48 Å². The van der Waals surface area contributed by atoms with E-state index in [9.17, 15) is 9.59 Å². The number of amides is 1. The second kappa shape index (κ2) is 8.96. The molecule has 0 radical (unpaired) electrons. The molecule has 0 aliphatic heterocycles. The second-order valence-electron chi connectivity index (χ2n) is 7.46. The Morgan fingerprint density at radius 2 is 2.03 bits per heavy atom. The Balaban J connectivity index is 1.54. The molecule has 0 spiro atoms. The van der Waals surface area contributed by atoms with E-state index in [4.69, 9.17) is 4.74 Å². The van der Waals surface area contributed by atoms with Crippen molar-refractivity contribution >= 4 is 44.1 Å². The lowest BCUT2D eigenvalue weighted by molar-refractivity contribution is 0.0526. The number of aryl methyl sites for hydroxylation is 2. The SMILES string of the molecule is CCOC(=O)c1c(NC(=O)c2ccn(Cn3nc(C)c(Br)c3C)n2)sc2c1CCCC2. The van der Waals surface area contributed by atoms with Gasteiger partial charge in [0, 0.05) is 11.1 Å². The first-order valence-electron chi connectivity index (χ1n) is 10.2. The normalized spacial score (nSPS) is 13.2. The van der Waals surface area contributed by atoms with Crippen molar-refractivity contribution in [3.05, 3.63) is 49.8 Å². The maximum Gasteiger partial charge on any atom is 0.341 e. The summed E-state index contributed by atoms with van der Waals surface area (Å²) in [6, 6.07) is 1.66. The van der Waals surface area contributed by atoms with Crippen LogP contribution < -0.4 is 5.32 Å².